The number of aromatic nitrogens is 3. The molecule has 6 aromatic rings. The molecular formula is C28H21N3. The molecule has 0 saturated heterocycles. The Bertz CT molecular complexity index is 1460. The molecule has 0 aliphatic heterocycles. The number of fused-ring (bicyclic) bond motifs is 3. The topological polar surface area (TPSA) is 22.8 Å². The maximum Gasteiger partial charge on any atom is 0.144 e. The van der Waals surface area contributed by atoms with Gasteiger partial charge in [-0.05, 0) is 55.5 Å². The molecule has 0 saturated carbocycles. The Labute approximate surface area is 180 Å². The molecule has 4 aromatic carbocycles. The Morgan fingerprint density at radius 2 is 1.19 bits per heavy atom. The Morgan fingerprint density at radius 3 is 1.84 bits per heavy atom. The predicted octanol–water partition coefficient (Wildman–Crippen LogP) is 6.94. The number of benzene rings is 4. The first-order valence-electron chi connectivity index (χ1n) is 10.5. The lowest BCUT2D eigenvalue weighted by Crippen LogP contribution is -1.97. The van der Waals surface area contributed by atoms with E-state index < -0.39 is 0 Å². The largest absolute Gasteiger partial charge is 0.309 e. The van der Waals surface area contributed by atoms with Crippen LogP contribution < -0.4 is 0 Å². The molecule has 0 bridgehead atoms. The number of hydrogen-bond donors (Lipinski definition) is 0. The van der Waals surface area contributed by atoms with E-state index in [1.165, 1.54) is 27.4 Å². The van der Waals surface area contributed by atoms with E-state index in [0.717, 1.165) is 22.8 Å². The molecule has 0 spiro atoms. The third-order valence-electron chi connectivity index (χ3n) is 5.92. The molecular weight excluding hydrogens is 378 g/mol. The lowest BCUT2D eigenvalue weighted by Gasteiger charge is -2.11. The van der Waals surface area contributed by atoms with Crippen molar-refractivity contribution in [1.29, 1.82) is 0 Å². The maximum atomic E-state index is 4.63. The highest BCUT2D eigenvalue weighted by atomic mass is 15.1. The molecule has 3 nitrogen and oxygen atoms in total. The van der Waals surface area contributed by atoms with Crippen LogP contribution in [0.2, 0.25) is 0 Å². The van der Waals surface area contributed by atoms with Crippen LogP contribution in [0, 0.1) is 6.92 Å². The lowest BCUT2D eigenvalue weighted by molar-refractivity contribution is 1.06. The Morgan fingerprint density at radius 1 is 0.613 bits per heavy atom. The first-order valence-corrected chi connectivity index (χ1v) is 10.5. The van der Waals surface area contributed by atoms with Gasteiger partial charge in [-0.15, -0.1) is 0 Å². The molecule has 2 aromatic heterocycles. The first-order chi connectivity index (χ1) is 15.3. The zero-order chi connectivity index (χ0) is 20.8. The normalized spacial score (nSPS) is 11.4. The third kappa shape index (κ3) is 2.86. The summed E-state index contributed by atoms with van der Waals surface area (Å²) in [4.78, 5) is 4.63. The van der Waals surface area contributed by atoms with E-state index >= 15 is 0 Å². The van der Waals surface area contributed by atoms with Gasteiger partial charge in [-0.2, -0.15) is 0 Å². The fourth-order valence-electron chi connectivity index (χ4n) is 4.39. The molecule has 148 valence electrons. The van der Waals surface area contributed by atoms with Crippen molar-refractivity contribution in [1.82, 2.24) is 14.1 Å². The summed E-state index contributed by atoms with van der Waals surface area (Å²) in [5.74, 6) is 0.942. The van der Waals surface area contributed by atoms with Gasteiger partial charge in [0.1, 0.15) is 5.82 Å². The summed E-state index contributed by atoms with van der Waals surface area (Å²) in [7, 11) is 0. The summed E-state index contributed by atoms with van der Waals surface area (Å²) in [5, 5.41) is 2.55. The number of aryl methyl sites for hydroxylation is 1. The van der Waals surface area contributed by atoms with Crippen molar-refractivity contribution in [2.75, 3.05) is 0 Å². The van der Waals surface area contributed by atoms with Gasteiger partial charge in [-0.25, -0.2) is 4.98 Å². The Hall–Kier alpha value is -4.11. The molecule has 6 rings (SSSR count). The van der Waals surface area contributed by atoms with Crippen LogP contribution in [0.4, 0.5) is 0 Å². The molecule has 0 atom stereocenters. The predicted molar refractivity (Wildman–Crippen MR) is 128 cm³/mol. The summed E-state index contributed by atoms with van der Waals surface area (Å²) in [6.45, 7) is 2.10. The Balaban J connectivity index is 1.47. The van der Waals surface area contributed by atoms with Crippen molar-refractivity contribution in [3.8, 4) is 22.8 Å². The number of imidazole rings is 1. The molecule has 0 aliphatic rings. The molecule has 2 heterocycles. The van der Waals surface area contributed by atoms with Gasteiger partial charge in [0.15, 0.2) is 0 Å². The SMILES string of the molecule is Cc1ccc(-n2ccnc2-c2ccc(-n3c4ccccc4c4ccccc43)cc2)cc1. The van der Waals surface area contributed by atoms with Gasteiger partial charge in [0, 0.05) is 40.1 Å². The minimum absolute atomic E-state index is 0.942. The van der Waals surface area contributed by atoms with Crippen LogP contribution in [0.25, 0.3) is 44.6 Å². The summed E-state index contributed by atoms with van der Waals surface area (Å²) in [6, 6.07) is 34.4. The molecule has 0 N–H and O–H groups in total. The van der Waals surface area contributed by atoms with Gasteiger partial charge in [0.2, 0.25) is 0 Å². The fraction of sp³-hybridized carbons (Fsp3) is 0.0357. The zero-order valence-electron chi connectivity index (χ0n) is 17.2. The van der Waals surface area contributed by atoms with Crippen molar-refractivity contribution in [2.24, 2.45) is 0 Å². The zero-order valence-corrected chi connectivity index (χ0v) is 17.2. The molecule has 0 unspecified atom stereocenters. The summed E-state index contributed by atoms with van der Waals surface area (Å²) in [5.41, 5.74) is 7.05. The smallest absolute Gasteiger partial charge is 0.144 e. The van der Waals surface area contributed by atoms with Gasteiger partial charge in [0.25, 0.3) is 0 Å². The summed E-state index contributed by atoms with van der Waals surface area (Å²) >= 11 is 0. The van der Waals surface area contributed by atoms with Gasteiger partial charge < -0.3 is 4.57 Å². The third-order valence-corrected chi connectivity index (χ3v) is 5.92. The number of hydrogen-bond acceptors (Lipinski definition) is 1. The van der Waals surface area contributed by atoms with Crippen LogP contribution in [0.1, 0.15) is 5.56 Å². The number of para-hydroxylation sites is 2. The van der Waals surface area contributed by atoms with E-state index in [1.54, 1.807) is 0 Å². The van der Waals surface area contributed by atoms with Gasteiger partial charge in [0.05, 0.1) is 11.0 Å². The fourth-order valence-corrected chi connectivity index (χ4v) is 4.39. The molecule has 0 fully saturated rings. The summed E-state index contributed by atoms with van der Waals surface area (Å²) in [6.07, 6.45) is 3.87. The Kier molecular flexibility index (Phi) is 4.00. The molecule has 0 radical (unpaired) electrons. The molecule has 0 amide bonds. The van der Waals surface area contributed by atoms with Gasteiger partial charge >= 0.3 is 0 Å². The van der Waals surface area contributed by atoms with Crippen LogP contribution >= 0.6 is 0 Å². The lowest BCUT2D eigenvalue weighted by atomic mass is 10.1. The highest BCUT2D eigenvalue weighted by molar-refractivity contribution is 6.09. The van der Waals surface area contributed by atoms with E-state index in [0.29, 0.717) is 0 Å². The van der Waals surface area contributed by atoms with Crippen LogP contribution in [0.5, 0.6) is 0 Å². The minimum Gasteiger partial charge on any atom is -0.309 e. The standard InChI is InChI=1S/C28H21N3/c1-20-10-14-22(15-11-20)30-19-18-29-28(30)21-12-16-23(17-13-21)31-26-8-4-2-6-24(26)25-7-3-5-9-27(25)31/h2-19H,1H3. The van der Waals surface area contributed by atoms with Crippen LogP contribution in [-0.2, 0) is 0 Å². The van der Waals surface area contributed by atoms with Crippen LogP contribution in [0.15, 0.2) is 109 Å². The van der Waals surface area contributed by atoms with Crippen molar-refractivity contribution >= 4 is 21.8 Å². The highest BCUT2D eigenvalue weighted by Gasteiger charge is 2.12. The monoisotopic (exact) mass is 399 g/mol. The van der Waals surface area contributed by atoms with E-state index in [1.807, 2.05) is 12.4 Å². The van der Waals surface area contributed by atoms with Crippen molar-refractivity contribution in [3.05, 3.63) is 115 Å². The summed E-state index contributed by atoms with van der Waals surface area (Å²) < 4.78 is 4.47. The molecule has 0 aliphatic carbocycles. The second-order valence-corrected chi connectivity index (χ2v) is 7.87. The van der Waals surface area contributed by atoms with E-state index in [-0.39, 0.29) is 0 Å². The first kappa shape index (κ1) is 17.7. The van der Waals surface area contributed by atoms with Gasteiger partial charge in [-0.1, -0.05) is 54.1 Å². The molecule has 31 heavy (non-hydrogen) atoms. The van der Waals surface area contributed by atoms with Crippen molar-refractivity contribution < 1.29 is 0 Å². The second-order valence-electron chi connectivity index (χ2n) is 7.87. The number of nitrogens with zero attached hydrogens (tertiary/aromatic N) is 3. The average molecular weight is 399 g/mol. The minimum atomic E-state index is 0.942. The number of rotatable bonds is 3. The van der Waals surface area contributed by atoms with Crippen molar-refractivity contribution in [2.45, 2.75) is 6.92 Å². The quantitative estimate of drug-likeness (QED) is 0.316. The van der Waals surface area contributed by atoms with Crippen LogP contribution in [0.3, 0.4) is 0 Å². The van der Waals surface area contributed by atoms with E-state index in [2.05, 4.69) is 118 Å². The van der Waals surface area contributed by atoms with E-state index in [4.69, 9.17) is 0 Å². The van der Waals surface area contributed by atoms with Crippen LogP contribution in [-0.4, -0.2) is 14.1 Å². The second kappa shape index (κ2) is 6.99. The maximum absolute atomic E-state index is 4.63. The van der Waals surface area contributed by atoms with Crippen molar-refractivity contribution in [3.63, 3.8) is 0 Å². The van der Waals surface area contributed by atoms with E-state index in [9.17, 15) is 0 Å². The van der Waals surface area contributed by atoms with Gasteiger partial charge in [-0.3, -0.25) is 4.57 Å². The molecule has 3 heteroatoms. The average Bonchev–Trinajstić information content (AvgIpc) is 3.43. The highest BCUT2D eigenvalue weighted by Crippen LogP contribution is 2.32.